The molecule has 2 aliphatic rings. The topological polar surface area (TPSA) is 153 Å². The molecule has 2 aliphatic heterocycles. The van der Waals surface area contributed by atoms with Gasteiger partial charge < -0.3 is 24.5 Å². The molecule has 5 atom stereocenters. The molecule has 4 heterocycles. The average Bonchev–Trinajstić information content (AvgIpc) is 3.44. The van der Waals surface area contributed by atoms with Crippen molar-refractivity contribution >= 4 is 36.1 Å². The minimum atomic E-state index is -2.93. The number of ether oxygens (including phenoxy) is 3. The number of anilines is 1. The SMILES string of the molecule is CC1(C)OC2[C@@H](CO[PH](=O)Oc3cccc4ccccc34)O[C@@H](n3cnc4c(=O)[nH]c(N)nc43)C2(C)O1. The Bertz CT molecular complexity index is 1580. The van der Waals surface area contributed by atoms with Crippen molar-refractivity contribution < 1.29 is 27.8 Å². The zero-order valence-electron chi connectivity index (χ0n) is 20.3. The van der Waals surface area contributed by atoms with E-state index in [2.05, 4.69) is 15.0 Å². The van der Waals surface area contributed by atoms with Gasteiger partial charge in [0.15, 0.2) is 23.2 Å². The largest absolute Gasteiger partial charge is 0.426 e. The third-order valence-corrected chi connectivity index (χ3v) is 7.37. The van der Waals surface area contributed by atoms with Crippen molar-refractivity contribution in [1.82, 2.24) is 19.5 Å². The number of imidazole rings is 1. The van der Waals surface area contributed by atoms with Gasteiger partial charge in [-0.25, -0.2) is 9.55 Å². The second-order valence-electron chi connectivity index (χ2n) is 9.67. The van der Waals surface area contributed by atoms with E-state index in [4.69, 9.17) is 29.0 Å². The highest BCUT2D eigenvalue weighted by Crippen LogP contribution is 2.51. The molecule has 13 heteroatoms. The summed E-state index contributed by atoms with van der Waals surface area (Å²) in [5, 5.41) is 1.80. The minimum absolute atomic E-state index is 0.0491. The zero-order chi connectivity index (χ0) is 25.9. The van der Waals surface area contributed by atoms with Crippen molar-refractivity contribution in [3.8, 4) is 5.75 Å². The summed E-state index contributed by atoms with van der Waals surface area (Å²) >= 11 is 0. The van der Waals surface area contributed by atoms with Gasteiger partial charge in [0, 0.05) is 5.39 Å². The van der Waals surface area contributed by atoms with Crippen LogP contribution in [0.4, 0.5) is 5.95 Å². The van der Waals surface area contributed by atoms with E-state index in [1.165, 1.54) is 6.33 Å². The highest BCUT2D eigenvalue weighted by molar-refractivity contribution is 7.33. The van der Waals surface area contributed by atoms with Gasteiger partial charge in [-0.05, 0) is 32.2 Å². The number of rotatable bonds is 6. The molecule has 0 aliphatic carbocycles. The van der Waals surface area contributed by atoms with Crippen molar-refractivity contribution in [2.75, 3.05) is 12.3 Å². The summed E-state index contributed by atoms with van der Waals surface area (Å²) < 4.78 is 44.5. The number of hydrogen-bond acceptors (Lipinski definition) is 10. The predicted octanol–water partition coefficient (Wildman–Crippen LogP) is 3.15. The van der Waals surface area contributed by atoms with E-state index in [9.17, 15) is 9.36 Å². The van der Waals surface area contributed by atoms with Crippen LogP contribution in [0.2, 0.25) is 0 Å². The first-order chi connectivity index (χ1) is 17.6. The lowest BCUT2D eigenvalue weighted by atomic mass is 9.96. The van der Waals surface area contributed by atoms with Gasteiger partial charge in [0.2, 0.25) is 5.95 Å². The molecule has 2 aromatic carbocycles. The summed E-state index contributed by atoms with van der Waals surface area (Å²) in [7, 11) is -2.93. The number of nitrogens with zero attached hydrogens (tertiary/aromatic N) is 3. The lowest BCUT2D eigenvalue weighted by Crippen LogP contribution is -2.42. The lowest BCUT2D eigenvalue weighted by Gasteiger charge is -2.30. The first-order valence-electron chi connectivity index (χ1n) is 11.7. The molecule has 2 aromatic heterocycles. The summed E-state index contributed by atoms with van der Waals surface area (Å²) in [5.74, 6) is -0.505. The Balaban J connectivity index is 1.25. The number of aromatic nitrogens is 4. The van der Waals surface area contributed by atoms with Crippen LogP contribution in [0.5, 0.6) is 5.75 Å². The number of hydrogen-bond donors (Lipinski definition) is 2. The quantitative estimate of drug-likeness (QED) is 0.358. The fourth-order valence-electron chi connectivity index (χ4n) is 5.18. The molecule has 12 nitrogen and oxygen atoms in total. The smallest absolute Gasteiger partial charge is 0.367 e. The van der Waals surface area contributed by atoms with Gasteiger partial charge in [-0.3, -0.25) is 18.9 Å². The lowest BCUT2D eigenvalue weighted by molar-refractivity contribution is -0.216. The monoisotopic (exact) mass is 527 g/mol. The molecule has 6 rings (SSSR count). The molecule has 2 saturated heterocycles. The van der Waals surface area contributed by atoms with Crippen LogP contribution in [-0.2, 0) is 23.3 Å². The molecule has 0 bridgehead atoms. The second kappa shape index (κ2) is 8.64. The Morgan fingerprint density at radius 2 is 1.97 bits per heavy atom. The van der Waals surface area contributed by atoms with Crippen LogP contribution in [0.3, 0.4) is 0 Å². The average molecular weight is 527 g/mol. The molecular formula is C24H26N5O7P. The molecule has 194 valence electrons. The van der Waals surface area contributed by atoms with E-state index in [0.29, 0.717) is 5.75 Å². The van der Waals surface area contributed by atoms with Gasteiger partial charge in [-0.2, -0.15) is 4.98 Å². The van der Waals surface area contributed by atoms with Gasteiger partial charge in [0.05, 0.1) is 12.9 Å². The zero-order valence-corrected chi connectivity index (χ0v) is 21.3. The molecule has 2 fully saturated rings. The Morgan fingerprint density at radius 3 is 2.81 bits per heavy atom. The van der Waals surface area contributed by atoms with E-state index in [1.807, 2.05) is 43.3 Å². The molecule has 0 amide bonds. The summed E-state index contributed by atoms with van der Waals surface area (Å²) in [5.41, 5.74) is 4.66. The van der Waals surface area contributed by atoms with Crippen molar-refractivity contribution in [2.45, 2.75) is 50.6 Å². The maximum Gasteiger partial charge on any atom is 0.367 e. The molecule has 3 N–H and O–H groups in total. The van der Waals surface area contributed by atoms with E-state index in [1.54, 1.807) is 24.5 Å². The molecule has 0 spiro atoms. The number of aromatic amines is 1. The second-order valence-corrected chi connectivity index (χ2v) is 10.7. The molecular weight excluding hydrogens is 501 g/mol. The molecule has 0 radical (unpaired) electrons. The Hall–Kier alpha value is -3.28. The Kier molecular flexibility index (Phi) is 5.62. The maximum atomic E-state index is 12.8. The predicted molar refractivity (Wildman–Crippen MR) is 134 cm³/mol. The third kappa shape index (κ3) is 4.11. The van der Waals surface area contributed by atoms with Gasteiger partial charge in [0.1, 0.15) is 23.6 Å². The number of H-pyrrole nitrogens is 1. The number of nitrogens with one attached hydrogen (secondary N) is 1. The molecule has 0 saturated carbocycles. The highest BCUT2D eigenvalue weighted by atomic mass is 31.1. The molecule has 37 heavy (non-hydrogen) atoms. The third-order valence-electron chi connectivity index (χ3n) is 6.58. The van der Waals surface area contributed by atoms with Crippen molar-refractivity contribution in [2.24, 2.45) is 0 Å². The van der Waals surface area contributed by atoms with E-state index >= 15 is 0 Å². The van der Waals surface area contributed by atoms with E-state index in [0.717, 1.165) is 10.8 Å². The summed E-state index contributed by atoms with van der Waals surface area (Å²) in [6.45, 7) is 5.35. The normalized spacial score (nSPS) is 27.5. The summed E-state index contributed by atoms with van der Waals surface area (Å²) in [6, 6.07) is 13.2. The van der Waals surface area contributed by atoms with Gasteiger partial charge in [-0.15, -0.1) is 0 Å². The minimum Gasteiger partial charge on any atom is -0.426 e. The van der Waals surface area contributed by atoms with E-state index in [-0.39, 0.29) is 23.7 Å². The van der Waals surface area contributed by atoms with Crippen molar-refractivity contribution in [3.05, 3.63) is 59.1 Å². The van der Waals surface area contributed by atoms with Crippen molar-refractivity contribution in [1.29, 1.82) is 0 Å². The fourth-order valence-corrected chi connectivity index (χ4v) is 5.90. The maximum absolute atomic E-state index is 12.8. The first kappa shape index (κ1) is 24.1. The van der Waals surface area contributed by atoms with Gasteiger partial charge in [-0.1, -0.05) is 36.4 Å². The van der Waals surface area contributed by atoms with Crippen LogP contribution in [-0.4, -0.2) is 49.7 Å². The Morgan fingerprint density at radius 1 is 1.19 bits per heavy atom. The number of fused-ring (bicyclic) bond motifs is 3. The van der Waals surface area contributed by atoms with Crippen LogP contribution < -0.4 is 15.8 Å². The van der Waals surface area contributed by atoms with E-state index < -0.39 is 43.6 Å². The summed E-state index contributed by atoms with van der Waals surface area (Å²) in [4.78, 5) is 23.2. The standard InChI is InChI=1S/C24H26N5O7P/c1-23(2)34-18-16(11-32-37(31)35-15-10-6-8-13-7-4-5-9-14(13)15)33-21(24(18,3)36-23)29-12-26-17-19(29)27-22(25)28-20(17)30/h4-10,12,16,18,21,37H,11H2,1-3H3,(H3,25,27,28,30)/t16-,18?,21-,24?/m1/s1. The van der Waals surface area contributed by atoms with Crippen LogP contribution in [0.25, 0.3) is 21.9 Å². The van der Waals surface area contributed by atoms with Crippen molar-refractivity contribution in [3.63, 3.8) is 0 Å². The summed E-state index contributed by atoms with van der Waals surface area (Å²) in [6.07, 6.45) is -0.591. The molecule has 4 aromatic rings. The fraction of sp³-hybridized carbons (Fsp3) is 0.375. The highest BCUT2D eigenvalue weighted by Gasteiger charge is 2.64. The number of nitrogens with two attached hydrogens (primary N) is 1. The number of benzene rings is 2. The van der Waals surface area contributed by atoms with Crippen LogP contribution in [0, 0.1) is 0 Å². The van der Waals surface area contributed by atoms with Gasteiger partial charge >= 0.3 is 8.25 Å². The molecule has 3 unspecified atom stereocenters. The van der Waals surface area contributed by atoms with Gasteiger partial charge in [0.25, 0.3) is 5.56 Å². The number of nitrogen functional groups attached to an aromatic ring is 1. The van der Waals surface area contributed by atoms with Crippen LogP contribution in [0.15, 0.2) is 53.6 Å². The Labute approximate surface area is 211 Å². The first-order valence-corrected chi connectivity index (χ1v) is 13.0. The van der Waals surface area contributed by atoms with Crippen LogP contribution in [0.1, 0.15) is 27.0 Å². The van der Waals surface area contributed by atoms with Crippen LogP contribution >= 0.6 is 8.25 Å².